The van der Waals surface area contributed by atoms with Crippen LogP contribution in [0.25, 0.3) is 11.0 Å². The van der Waals surface area contributed by atoms with E-state index in [2.05, 4.69) is 9.98 Å². The molecule has 0 atom stereocenters. The van der Waals surface area contributed by atoms with Gasteiger partial charge < -0.3 is 9.52 Å². The van der Waals surface area contributed by atoms with Gasteiger partial charge in [0.05, 0.1) is 5.39 Å². The molecule has 1 N–H and O–H groups in total. The maximum absolute atomic E-state index is 11.9. The van der Waals surface area contributed by atoms with Crippen molar-refractivity contribution in [3.05, 3.63) is 64.1 Å². The zero-order valence-electron chi connectivity index (χ0n) is 11.3. The molecule has 0 amide bonds. The summed E-state index contributed by atoms with van der Waals surface area (Å²) < 4.78 is 5.16. The Hall–Kier alpha value is -2.95. The number of aliphatic imine (C=N–C) groups is 1. The van der Waals surface area contributed by atoms with E-state index in [1.807, 2.05) is 19.1 Å². The van der Waals surface area contributed by atoms with Gasteiger partial charge in [0.1, 0.15) is 16.9 Å². The van der Waals surface area contributed by atoms with E-state index in [-0.39, 0.29) is 11.3 Å². The average molecular weight is 280 g/mol. The molecule has 0 aliphatic carbocycles. The highest BCUT2D eigenvalue weighted by atomic mass is 16.4. The van der Waals surface area contributed by atoms with E-state index in [9.17, 15) is 9.90 Å². The summed E-state index contributed by atoms with van der Waals surface area (Å²) in [6.45, 7) is 1.85. The number of hydrogen-bond acceptors (Lipinski definition) is 5. The molecule has 3 aromatic rings. The highest BCUT2D eigenvalue weighted by Gasteiger charge is 2.11. The number of para-hydroxylation sites is 1. The number of aromatic hydroxyl groups is 1. The van der Waals surface area contributed by atoms with Crippen molar-refractivity contribution >= 4 is 23.0 Å². The summed E-state index contributed by atoms with van der Waals surface area (Å²) >= 11 is 0. The first kappa shape index (κ1) is 13.1. The van der Waals surface area contributed by atoms with Crippen molar-refractivity contribution in [2.24, 2.45) is 4.99 Å². The molecule has 2 heterocycles. The Morgan fingerprint density at radius 2 is 2.00 bits per heavy atom. The van der Waals surface area contributed by atoms with E-state index in [0.717, 1.165) is 5.69 Å². The molecule has 1 aromatic carbocycles. The van der Waals surface area contributed by atoms with Crippen LogP contribution in [-0.4, -0.2) is 16.3 Å². The molecule has 3 rings (SSSR count). The van der Waals surface area contributed by atoms with Crippen LogP contribution in [0.15, 0.2) is 56.7 Å². The predicted octanol–water partition coefficient (Wildman–Crippen LogP) is 2.95. The lowest BCUT2D eigenvalue weighted by molar-refractivity contribution is 0.466. The molecule has 0 aliphatic heterocycles. The normalized spacial score (nSPS) is 11.3. The van der Waals surface area contributed by atoms with Gasteiger partial charge in [0.2, 0.25) is 0 Å². The molecule has 104 valence electrons. The van der Waals surface area contributed by atoms with Gasteiger partial charge in [0.15, 0.2) is 5.82 Å². The van der Waals surface area contributed by atoms with Crippen molar-refractivity contribution in [2.45, 2.75) is 6.92 Å². The van der Waals surface area contributed by atoms with Crippen LogP contribution in [0.2, 0.25) is 0 Å². The van der Waals surface area contributed by atoms with Crippen molar-refractivity contribution in [1.82, 2.24) is 4.98 Å². The van der Waals surface area contributed by atoms with Crippen LogP contribution in [-0.2, 0) is 0 Å². The smallest absolute Gasteiger partial charge is 0.348 e. The summed E-state index contributed by atoms with van der Waals surface area (Å²) in [7, 11) is 0. The summed E-state index contributed by atoms with van der Waals surface area (Å²) in [4.78, 5) is 20.2. The Morgan fingerprint density at radius 1 is 1.19 bits per heavy atom. The zero-order valence-corrected chi connectivity index (χ0v) is 11.3. The molecule has 0 saturated heterocycles. The summed E-state index contributed by atoms with van der Waals surface area (Å²) in [6, 6.07) is 12.2. The van der Waals surface area contributed by atoms with Crippen molar-refractivity contribution in [3.8, 4) is 5.75 Å². The van der Waals surface area contributed by atoms with Crippen LogP contribution >= 0.6 is 0 Å². The molecule has 2 aromatic heterocycles. The van der Waals surface area contributed by atoms with Gasteiger partial charge in [0.25, 0.3) is 0 Å². The van der Waals surface area contributed by atoms with Gasteiger partial charge in [-0.2, -0.15) is 0 Å². The third-order valence-electron chi connectivity index (χ3n) is 3.02. The molecular weight excluding hydrogens is 268 g/mol. The predicted molar refractivity (Wildman–Crippen MR) is 80.4 cm³/mol. The lowest BCUT2D eigenvalue weighted by Crippen LogP contribution is -2.06. The maximum atomic E-state index is 11.9. The monoisotopic (exact) mass is 280 g/mol. The van der Waals surface area contributed by atoms with Crippen LogP contribution in [0.3, 0.4) is 0 Å². The summed E-state index contributed by atoms with van der Waals surface area (Å²) in [6.07, 6.45) is 1.27. The second-order valence-corrected chi connectivity index (χ2v) is 4.54. The zero-order chi connectivity index (χ0) is 14.8. The average Bonchev–Trinajstić information content (AvgIpc) is 2.47. The van der Waals surface area contributed by atoms with Gasteiger partial charge >= 0.3 is 5.63 Å². The van der Waals surface area contributed by atoms with Crippen molar-refractivity contribution < 1.29 is 9.52 Å². The van der Waals surface area contributed by atoms with E-state index in [1.54, 1.807) is 30.3 Å². The SMILES string of the molecule is Cc1cccc(/N=C/c2c(O)c3ccccc3oc2=O)n1. The molecule has 0 fully saturated rings. The third kappa shape index (κ3) is 2.53. The van der Waals surface area contributed by atoms with Gasteiger partial charge in [-0.3, -0.25) is 0 Å². The van der Waals surface area contributed by atoms with Gasteiger partial charge in [-0.25, -0.2) is 14.8 Å². The second kappa shape index (κ2) is 5.20. The second-order valence-electron chi connectivity index (χ2n) is 4.54. The van der Waals surface area contributed by atoms with E-state index < -0.39 is 5.63 Å². The number of nitrogens with zero attached hydrogens (tertiary/aromatic N) is 2. The van der Waals surface area contributed by atoms with Crippen LogP contribution in [0.5, 0.6) is 5.75 Å². The quantitative estimate of drug-likeness (QED) is 0.578. The van der Waals surface area contributed by atoms with E-state index in [4.69, 9.17) is 4.42 Å². The molecule has 5 heteroatoms. The molecule has 0 radical (unpaired) electrons. The molecule has 0 bridgehead atoms. The molecule has 0 unspecified atom stereocenters. The first-order chi connectivity index (χ1) is 10.1. The van der Waals surface area contributed by atoms with Crippen LogP contribution < -0.4 is 5.63 Å². The fourth-order valence-electron chi connectivity index (χ4n) is 1.99. The minimum Gasteiger partial charge on any atom is -0.506 e. The Labute approximate surface area is 120 Å². The Balaban J connectivity index is 2.10. The number of fused-ring (bicyclic) bond motifs is 1. The fourth-order valence-corrected chi connectivity index (χ4v) is 1.99. The molecule has 0 aliphatic rings. The number of aromatic nitrogens is 1. The largest absolute Gasteiger partial charge is 0.506 e. The van der Waals surface area contributed by atoms with E-state index >= 15 is 0 Å². The molecule has 0 saturated carbocycles. The fraction of sp³-hybridized carbons (Fsp3) is 0.0625. The summed E-state index contributed by atoms with van der Waals surface area (Å²) in [5, 5.41) is 10.7. The van der Waals surface area contributed by atoms with Crippen LogP contribution in [0.4, 0.5) is 5.82 Å². The lowest BCUT2D eigenvalue weighted by atomic mass is 10.1. The standard InChI is InChI=1S/C16H12N2O3/c1-10-5-4-8-14(18-10)17-9-12-15(19)11-6-2-3-7-13(11)21-16(12)20/h2-9,19H,1H3/b17-9+. The van der Waals surface area contributed by atoms with Gasteiger partial charge in [0, 0.05) is 11.9 Å². The number of rotatable bonds is 2. The molecule has 5 nitrogen and oxygen atoms in total. The van der Waals surface area contributed by atoms with Crippen molar-refractivity contribution in [1.29, 1.82) is 0 Å². The first-order valence-corrected chi connectivity index (χ1v) is 6.38. The molecule has 0 spiro atoms. The lowest BCUT2D eigenvalue weighted by Gasteiger charge is -2.02. The number of hydrogen-bond donors (Lipinski definition) is 1. The van der Waals surface area contributed by atoms with Crippen molar-refractivity contribution in [2.75, 3.05) is 0 Å². The van der Waals surface area contributed by atoms with E-state index in [1.165, 1.54) is 6.21 Å². The highest BCUT2D eigenvalue weighted by Crippen LogP contribution is 2.25. The molecule has 21 heavy (non-hydrogen) atoms. The summed E-state index contributed by atoms with van der Waals surface area (Å²) in [5.74, 6) is 0.320. The Kier molecular flexibility index (Phi) is 3.23. The molecular formula is C16H12N2O3. The summed E-state index contributed by atoms with van der Waals surface area (Å²) in [5.41, 5.74) is 0.532. The van der Waals surface area contributed by atoms with Crippen LogP contribution in [0, 0.1) is 6.92 Å². The van der Waals surface area contributed by atoms with Gasteiger partial charge in [-0.1, -0.05) is 18.2 Å². The maximum Gasteiger partial charge on any atom is 0.348 e. The Morgan fingerprint density at radius 3 is 2.81 bits per heavy atom. The highest BCUT2D eigenvalue weighted by molar-refractivity contribution is 5.94. The topological polar surface area (TPSA) is 75.7 Å². The minimum atomic E-state index is -0.636. The van der Waals surface area contributed by atoms with E-state index in [0.29, 0.717) is 16.8 Å². The number of pyridine rings is 1. The number of benzene rings is 1. The van der Waals surface area contributed by atoms with Gasteiger partial charge in [-0.05, 0) is 31.2 Å². The third-order valence-corrected chi connectivity index (χ3v) is 3.02. The number of aryl methyl sites for hydroxylation is 1. The first-order valence-electron chi connectivity index (χ1n) is 6.38. The Bertz CT molecular complexity index is 897. The van der Waals surface area contributed by atoms with Crippen molar-refractivity contribution in [3.63, 3.8) is 0 Å². The van der Waals surface area contributed by atoms with Gasteiger partial charge in [-0.15, -0.1) is 0 Å². The minimum absolute atomic E-state index is 0.0111. The van der Waals surface area contributed by atoms with Crippen LogP contribution in [0.1, 0.15) is 11.3 Å².